The number of nitrogens with zero attached hydrogens (tertiary/aromatic N) is 2. The number of ether oxygens (including phenoxy) is 1. The van der Waals surface area contributed by atoms with Crippen LogP contribution in [0.25, 0.3) is 0 Å². The van der Waals surface area contributed by atoms with Crippen molar-refractivity contribution in [1.29, 1.82) is 0 Å². The number of allylic oxidation sites excluding steroid dienone is 2. The van der Waals surface area contributed by atoms with Crippen LogP contribution in [-0.2, 0) is 24.6 Å². The van der Waals surface area contributed by atoms with E-state index < -0.39 is 52.4 Å². The topological polar surface area (TPSA) is 104 Å². The van der Waals surface area contributed by atoms with Gasteiger partial charge in [0.05, 0.1) is 41.0 Å². The van der Waals surface area contributed by atoms with Gasteiger partial charge in [-0.15, -0.1) is 0 Å². The molecular formula is C37H34Cl2N2O6. The summed E-state index contributed by atoms with van der Waals surface area (Å²) < 4.78 is 5.51. The van der Waals surface area contributed by atoms with Gasteiger partial charge in [0.1, 0.15) is 0 Å². The number of imide groups is 2. The third kappa shape index (κ3) is 4.41. The van der Waals surface area contributed by atoms with Crippen LogP contribution in [0.3, 0.4) is 0 Å². The first-order valence-electron chi connectivity index (χ1n) is 15.7. The lowest BCUT2D eigenvalue weighted by molar-refractivity contribution is -0.145. The van der Waals surface area contributed by atoms with Crippen LogP contribution in [0.1, 0.15) is 50.7 Å². The van der Waals surface area contributed by atoms with Gasteiger partial charge in [-0.3, -0.25) is 24.1 Å². The number of hydrogen-bond acceptors (Lipinski definition) is 6. The molecule has 4 amide bonds. The number of halogens is 2. The molecule has 7 rings (SSSR count). The minimum Gasteiger partial charge on any atom is -0.503 e. The summed E-state index contributed by atoms with van der Waals surface area (Å²) in [4.78, 5) is 60.6. The molecule has 2 aliphatic heterocycles. The van der Waals surface area contributed by atoms with Crippen molar-refractivity contribution in [3.63, 3.8) is 0 Å². The van der Waals surface area contributed by atoms with Crippen molar-refractivity contribution in [3.05, 3.63) is 99.6 Å². The number of benzene rings is 3. The molecule has 3 fully saturated rings. The van der Waals surface area contributed by atoms with Gasteiger partial charge >= 0.3 is 0 Å². The Hall–Kier alpha value is -4.14. The minimum absolute atomic E-state index is 0.0185. The summed E-state index contributed by atoms with van der Waals surface area (Å²) in [7, 11) is 1.41. The highest BCUT2D eigenvalue weighted by molar-refractivity contribution is 6.33. The van der Waals surface area contributed by atoms with Gasteiger partial charge in [0.2, 0.25) is 23.6 Å². The van der Waals surface area contributed by atoms with E-state index >= 15 is 4.79 Å². The molecule has 6 atom stereocenters. The Bertz CT molecular complexity index is 1880. The van der Waals surface area contributed by atoms with E-state index in [1.807, 2.05) is 57.2 Å². The lowest BCUT2D eigenvalue weighted by atomic mass is 9.49. The molecule has 1 N–H and O–H groups in total. The molecule has 2 heterocycles. The number of hydrogen-bond donors (Lipinski definition) is 1. The Balaban J connectivity index is 1.52. The molecule has 3 aromatic carbocycles. The van der Waals surface area contributed by atoms with E-state index in [4.69, 9.17) is 27.9 Å². The summed E-state index contributed by atoms with van der Waals surface area (Å²) >= 11 is 13.0. The van der Waals surface area contributed by atoms with Crippen LogP contribution >= 0.6 is 23.2 Å². The van der Waals surface area contributed by atoms with Crippen molar-refractivity contribution in [1.82, 2.24) is 4.90 Å². The molecule has 0 aromatic heterocycles. The molecule has 0 spiro atoms. The van der Waals surface area contributed by atoms with Crippen LogP contribution in [0.15, 0.2) is 78.4 Å². The summed E-state index contributed by atoms with van der Waals surface area (Å²) in [6.45, 7) is 5.52. The van der Waals surface area contributed by atoms with Gasteiger partial charge in [0, 0.05) is 16.5 Å². The molecular weight excluding hydrogens is 639 g/mol. The molecule has 0 radical (unpaired) electrons. The molecule has 6 unspecified atom stereocenters. The molecule has 2 aliphatic carbocycles. The fourth-order valence-corrected chi connectivity index (χ4v) is 9.10. The molecule has 2 saturated heterocycles. The number of anilines is 1. The van der Waals surface area contributed by atoms with E-state index in [0.29, 0.717) is 28.3 Å². The van der Waals surface area contributed by atoms with Gasteiger partial charge in [0.15, 0.2) is 11.5 Å². The van der Waals surface area contributed by atoms with Gasteiger partial charge in [0.25, 0.3) is 0 Å². The molecule has 0 bridgehead atoms. The van der Waals surface area contributed by atoms with Crippen molar-refractivity contribution in [2.24, 2.45) is 23.7 Å². The van der Waals surface area contributed by atoms with Crippen molar-refractivity contribution < 1.29 is 29.0 Å². The van der Waals surface area contributed by atoms with E-state index in [0.717, 1.165) is 5.57 Å². The number of rotatable bonds is 4. The van der Waals surface area contributed by atoms with Crippen LogP contribution in [-0.4, -0.2) is 46.3 Å². The average molecular weight is 674 g/mol. The number of likely N-dealkylation sites (tertiary alicyclic amines) is 1. The number of phenols is 1. The number of methoxy groups -OCH3 is 1. The number of phenolic OH excluding ortho intramolecular Hbond substituents is 1. The van der Waals surface area contributed by atoms with Crippen molar-refractivity contribution in [2.75, 3.05) is 12.0 Å². The van der Waals surface area contributed by atoms with Crippen molar-refractivity contribution >= 4 is 52.5 Å². The summed E-state index contributed by atoms with van der Waals surface area (Å²) in [5.74, 6) is -4.96. The zero-order valence-corrected chi connectivity index (χ0v) is 27.9. The number of fused-ring (bicyclic) bond motifs is 4. The molecule has 1 saturated carbocycles. The maximum Gasteiger partial charge on any atom is 0.246 e. The standard InChI is InChI=1S/C37H34Cl2N2O6/c1-36(2,3)41-32(43)24-14-13-23-25(29(24)34(41)45)18-26-33(44)40(22-12-8-11-21(38)17-22)35(46)37(26,20-9-6-5-7-10-20)30(23)19-15-27(39)31(42)28(16-19)47-4/h5-13,15-17,24-26,29-30,42H,14,18H2,1-4H3. The first kappa shape index (κ1) is 31.5. The van der Waals surface area contributed by atoms with Crippen LogP contribution in [0.2, 0.25) is 10.0 Å². The summed E-state index contributed by atoms with van der Waals surface area (Å²) in [6.07, 6.45) is 2.48. The summed E-state index contributed by atoms with van der Waals surface area (Å²) in [5.41, 5.74) is 0.128. The fraction of sp³-hybridized carbons (Fsp3) is 0.351. The third-order valence-corrected chi connectivity index (χ3v) is 11.0. The van der Waals surface area contributed by atoms with Crippen LogP contribution in [0.5, 0.6) is 11.5 Å². The predicted molar refractivity (Wildman–Crippen MR) is 177 cm³/mol. The maximum absolute atomic E-state index is 15.3. The third-order valence-electron chi connectivity index (χ3n) is 10.4. The van der Waals surface area contributed by atoms with Crippen molar-refractivity contribution in [3.8, 4) is 11.5 Å². The van der Waals surface area contributed by atoms with E-state index in [9.17, 15) is 19.5 Å². The summed E-state index contributed by atoms with van der Waals surface area (Å²) in [6, 6.07) is 19.1. The zero-order valence-electron chi connectivity index (χ0n) is 26.4. The van der Waals surface area contributed by atoms with E-state index in [1.165, 1.54) is 16.9 Å². The first-order valence-corrected chi connectivity index (χ1v) is 16.4. The minimum atomic E-state index is -1.46. The Morgan fingerprint density at radius 2 is 1.62 bits per heavy atom. The van der Waals surface area contributed by atoms with Gasteiger partial charge in [-0.05, 0) is 81.0 Å². The quantitative estimate of drug-likeness (QED) is 0.245. The Labute approximate surface area is 282 Å². The van der Waals surface area contributed by atoms with Gasteiger partial charge in [-0.1, -0.05) is 71.2 Å². The number of carbonyl (C=O) groups is 4. The number of carbonyl (C=O) groups excluding carboxylic acids is 4. The average Bonchev–Trinajstić information content (AvgIpc) is 3.43. The lowest BCUT2D eigenvalue weighted by Crippen LogP contribution is -2.53. The number of amides is 4. The monoisotopic (exact) mass is 672 g/mol. The second-order valence-corrected chi connectivity index (χ2v) is 14.7. The van der Waals surface area contributed by atoms with Crippen molar-refractivity contribution in [2.45, 2.75) is 50.5 Å². The first-order chi connectivity index (χ1) is 22.3. The van der Waals surface area contributed by atoms with Crippen LogP contribution < -0.4 is 9.64 Å². The maximum atomic E-state index is 15.3. The molecule has 47 heavy (non-hydrogen) atoms. The van der Waals surface area contributed by atoms with E-state index in [1.54, 1.807) is 36.4 Å². The molecule has 3 aromatic rings. The molecule has 10 heteroatoms. The second-order valence-electron chi connectivity index (χ2n) is 13.8. The summed E-state index contributed by atoms with van der Waals surface area (Å²) in [5, 5.41) is 11.1. The number of aromatic hydroxyl groups is 1. The zero-order chi connectivity index (χ0) is 33.6. The van der Waals surface area contributed by atoms with Gasteiger partial charge in [-0.25, -0.2) is 4.90 Å². The Morgan fingerprint density at radius 1 is 0.894 bits per heavy atom. The largest absolute Gasteiger partial charge is 0.503 e. The fourth-order valence-electron chi connectivity index (χ4n) is 8.70. The predicted octanol–water partition coefficient (Wildman–Crippen LogP) is 6.67. The lowest BCUT2D eigenvalue weighted by Gasteiger charge is -2.50. The highest BCUT2D eigenvalue weighted by Crippen LogP contribution is 2.65. The van der Waals surface area contributed by atoms with Gasteiger partial charge < -0.3 is 9.84 Å². The Morgan fingerprint density at radius 3 is 2.28 bits per heavy atom. The second kappa shape index (κ2) is 11.0. The van der Waals surface area contributed by atoms with E-state index in [2.05, 4.69) is 0 Å². The Kier molecular flexibility index (Phi) is 7.33. The smallest absolute Gasteiger partial charge is 0.246 e. The van der Waals surface area contributed by atoms with Crippen LogP contribution in [0.4, 0.5) is 5.69 Å². The van der Waals surface area contributed by atoms with Gasteiger partial charge in [-0.2, -0.15) is 0 Å². The normalized spacial score (nSPS) is 28.6. The van der Waals surface area contributed by atoms with Crippen LogP contribution in [0, 0.1) is 23.7 Å². The highest BCUT2D eigenvalue weighted by atomic mass is 35.5. The SMILES string of the molecule is COc1cc(C2C3=CCC4C(=O)N(C(C)(C)C)C(=O)C4C3CC3C(=O)N(c4cccc(Cl)c4)C(=O)C32c2ccccc2)cc(Cl)c1O. The van der Waals surface area contributed by atoms with E-state index in [-0.39, 0.29) is 34.8 Å². The molecule has 4 aliphatic rings. The highest BCUT2D eigenvalue weighted by Gasteiger charge is 2.70. The molecule has 242 valence electrons. The molecule has 8 nitrogen and oxygen atoms in total.